The first kappa shape index (κ1) is 14.9. The van der Waals surface area contributed by atoms with E-state index < -0.39 is 0 Å². The van der Waals surface area contributed by atoms with Crippen LogP contribution in [0.2, 0.25) is 0 Å². The van der Waals surface area contributed by atoms with Gasteiger partial charge in [-0.15, -0.1) is 0 Å². The van der Waals surface area contributed by atoms with Gasteiger partial charge in [0.15, 0.2) is 0 Å². The molecule has 0 aromatic heterocycles. The van der Waals surface area contributed by atoms with E-state index >= 15 is 0 Å². The molecule has 0 N–H and O–H groups in total. The fourth-order valence-corrected chi connectivity index (χ4v) is 3.43. The van der Waals surface area contributed by atoms with Crippen molar-refractivity contribution in [3.8, 4) is 0 Å². The molecule has 2 rings (SSSR count). The Bertz CT molecular complexity index is 355. The molecule has 2 heteroatoms. The highest BCUT2D eigenvalue weighted by atomic mass is 32.1. The molecule has 0 amide bonds. The molecular formula is C17H27NS. The van der Waals surface area contributed by atoms with Gasteiger partial charge >= 0.3 is 0 Å². The van der Waals surface area contributed by atoms with Crippen molar-refractivity contribution in [1.29, 1.82) is 0 Å². The molecule has 0 spiro atoms. The molecule has 0 saturated carbocycles. The molecule has 1 aliphatic heterocycles. The van der Waals surface area contributed by atoms with E-state index in [-0.39, 0.29) is 0 Å². The van der Waals surface area contributed by atoms with Gasteiger partial charge in [-0.05, 0) is 49.1 Å². The second-order valence-corrected chi connectivity index (χ2v) is 6.54. The number of likely N-dealkylation sites (tertiary alicyclic amines) is 1. The topological polar surface area (TPSA) is 3.24 Å². The van der Waals surface area contributed by atoms with Crippen LogP contribution >= 0.6 is 12.6 Å². The molecular weight excluding hydrogens is 250 g/mol. The van der Waals surface area contributed by atoms with Crippen LogP contribution in [-0.4, -0.2) is 30.3 Å². The van der Waals surface area contributed by atoms with Crippen molar-refractivity contribution < 1.29 is 0 Å². The molecule has 106 valence electrons. The Labute approximate surface area is 123 Å². The van der Waals surface area contributed by atoms with E-state index in [4.69, 9.17) is 0 Å². The van der Waals surface area contributed by atoms with Crippen LogP contribution in [0.5, 0.6) is 0 Å². The highest BCUT2D eigenvalue weighted by Gasteiger charge is 2.23. The minimum absolute atomic E-state index is 0.570. The minimum Gasteiger partial charge on any atom is -0.303 e. The summed E-state index contributed by atoms with van der Waals surface area (Å²) in [5, 5.41) is 0. The van der Waals surface area contributed by atoms with Crippen LogP contribution in [0.1, 0.15) is 38.2 Å². The summed E-state index contributed by atoms with van der Waals surface area (Å²) in [6, 6.07) is 10.8. The lowest BCUT2D eigenvalue weighted by atomic mass is 9.86. The highest BCUT2D eigenvalue weighted by molar-refractivity contribution is 7.80. The van der Waals surface area contributed by atoms with Gasteiger partial charge in [-0.2, -0.15) is 12.6 Å². The maximum Gasteiger partial charge on any atom is 0.00581 e. The van der Waals surface area contributed by atoms with Gasteiger partial charge in [0.1, 0.15) is 0 Å². The molecule has 0 bridgehead atoms. The molecule has 1 saturated heterocycles. The van der Waals surface area contributed by atoms with Gasteiger partial charge in [-0.25, -0.2) is 0 Å². The summed E-state index contributed by atoms with van der Waals surface area (Å²) in [5.41, 5.74) is 1.43. The Kier molecular flexibility index (Phi) is 5.77. The Morgan fingerprint density at radius 2 is 1.79 bits per heavy atom. The molecule has 1 aromatic carbocycles. The normalized spacial score (nSPS) is 19.8. The van der Waals surface area contributed by atoms with Crippen LogP contribution in [0.3, 0.4) is 0 Å². The van der Waals surface area contributed by atoms with E-state index in [0.29, 0.717) is 5.92 Å². The van der Waals surface area contributed by atoms with Crippen molar-refractivity contribution in [3.63, 3.8) is 0 Å². The van der Waals surface area contributed by atoms with Crippen LogP contribution in [0.25, 0.3) is 0 Å². The lowest BCUT2D eigenvalue weighted by Gasteiger charge is -2.35. The Balaban J connectivity index is 1.87. The average molecular weight is 277 g/mol. The SMILES string of the molecule is CC(C)C1CCN(CC(CS)c2ccccc2)CC1. The number of hydrogen-bond acceptors (Lipinski definition) is 2. The summed E-state index contributed by atoms with van der Waals surface area (Å²) in [5.74, 6) is 3.29. The maximum absolute atomic E-state index is 4.55. The molecule has 1 heterocycles. The third kappa shape index (κ3) is 4.25. The molecule has 1 aromatic rings. The highest BCUT2D eigenvalue weighted by Crippen LogP contribution is 2.26. The molecule has 1 atom stereocenters. The molecule has 1 aliphatic rings. The number of hydrogen-bond donors (Lipinski definition) is 1. The minimum atomic E-state index is 0.570. The van der Waals surface area contributed by atoms with Gasteiger partial charge in [0.25, 0.3) is 0 Å². The Morgan fingerprint density at radius 1 is 1.16 bits per heavy atom. The summed E-state index contributed by atoms with van der Waals surface area (Å²) in [6.45, 7) is 8.42. The first-order chi connectivity index (χ1) is 9.20. The Morgan fingerprint density at radius 3 is 2.32 bits per heavy atom. The monoisotopic (exact) mass is 277 g/mol. The lowest BCUT2D eigenvalue weighted by molar-refractivity contribution is 0.153. The van der Waals surface area contributed by atoms with E-state index in [2.05, 4.69) is 61.7 Å². The van der Waals surface area contributed by atoms with Crippen LogP contribution < -0.4 is 0 Å². The first-order valence-electron chi connectivity index (χ1n) is 7.59. The Hall–Kier alpha value is -0.470. The standard InChI is InChI=1S/C17H27NS/c1-14(2)15-8-10-18(11-9-15)12-17(13-19)16-6-4-3-5-7-16/h3-7,14-15,17,19H,8-13H2,1-2H3. The van der Waals surface area contributed by atoms with Crippen molar-refractivity contribution in [2.24, 2.45) is 11.8 Å². The molecule has 1 fully saturated rings. The zero-order chi connectivity index (χ0) is 13.7. The summed E-state index contributed by atoms with van der Waals surface area (Å²) in [6.07, 6.45) is 2.73. The number of piperidine rings is 1. The van der Waals surface area contributed by atoms with Crippen molar-refractivity contribution in [2.75, 3.05) is 25.4 Å². The summed E-state index contributed by atoms with van der Waals surface area (Å²) < 4.78 is 0. The zero-order valence-electron chi connectivity index (χ0n) is 12.3. The first-order valence-corrected chi connectivity index (χ1v) is 8.22. The predicted molar refractivity (Wildman–Crippen MR) is 87.0 cm³/mol. The van der Waals surface area contributed by atoms with E-state index in [1.807, 2.05) is 0 Å². The summed E-state index contributed by atoms with van der Waals surface area (Å²) in [7, 11) is 0. The summed E-state index contributed by atoms with van der Waals surface area (Å²) in [4.78, 5) is 2.63. The van der Waals surface area contributed by atoms with Gasteiger partial charge < -0.3 is 4.90 Å². The molecule has 1 unspecified atom stereocenters. The van der Waals surface area contributed by atoms with Crippen molar-refractivity contribution >= 4 is 12.6 Å². The van der Waals surface area contributed by atoms with Gasteiger partial charge in [0.2, 0.25) is 0 Å². The predicted octanol–water partition coefficient (Wildman–Crippen LogP) is 4.07. The smallest absolute Gasteiger partial charge is 0.00581 e. The van der Waals surface area contributed by atoms with Crippen molar-refractivity contribution in [3.05, 3.63) is 35.9 Å². The second kappa shape index (κ2) is 7.35. The third-order valence-electron chi connectivity index (χ3n) is 4.54. The number of nitrogens with zero attached hydrogens (tertiary/aromatic N) is 1. The molecule has 0 aliphatic carbocycles. The van der Waals surface area contributed by atoms with Crippen molar-refractivity contribution in [2.45, 2.75) is 32.6 Å². The number of rotatable bonds is 5. The largest absolute Gasteiger partial charge is 0.303 e. The van der Waals surface area contributed by atoms with E-state index in [1.165, 1.54) is 38.0 Å². The number of thiol groups is 1. The quantitative estimate of drug-likeness (QED) is 0.794. The molecule has 19 heavy (non-hydrogen) atoms. The van der Waals surface area contributed by atoms with E-state index in [1.54, 1.807) is 0 Å². The average Bonchev–Trinajstić information content (AvgIpc) is 2.46. The lowest BCUT2D eigenvalue weighted by Crippen LogP contribution is -2.38. The van der Waals surface area contributed by atoms with Crippen LogP contribution in [0.4, 0.5) is 0 Å². The fraction of sp³-hybridized carbons (Fsp3) is 0.647. The molecule has 0 radical (unpaired) electrons. The van der Waals surface area contributed by atoms with Crippen molar-refractivity contribution in [1.82, 2.24) is 4.90 Å². The van der Waals surface area contributed by atoms with E-state index in [9.17, 15) is 0 Å². The van der Waals surface area contributed by atoms with E-state index in [0.717, 1.165) is 17.6 Å². The number of benzene rings is 1. The summed E-state index contributed by atoms with van der Waals surface area (Å²) >= 11 is 4.55. The van der Waals surface area contributed by atoms with Gasteiger partial charge in [0, 0.05) is 12.5 Å². The van der Waals surface area contributed by atoms with Gasteiger partial charge in [0.05, 0.1) is 0 Å². The van der Waals surface area contributed by atoms with Crippen LogP contribution in [-0.2, 0) is 0 Å². The third-order valence-corrected chi connectivity index (χ3v) is 4.99. The zero-order valence-corrected chi connectivity index (χ0v) is 13.2. The van der Waals surface area contributed by atoms with Gasteiger partial charge in [-0.1, -0.05) is 44.2 Å². The van der Waals surface area contributed by atoms with Crippen LogP contribution in [0.15, 0.2) is 30.3 Å². The van der Waals surface area contributed by atoms with Gasteiger partial charge in [-0.3, -0.25) is 0 Å². The second-order valence-electron chi connectivity index (χ2n) is 6.17. The van der Waals surface area contributed by atoms with Crippen LogP contribution in [0, 0.1) is 11.8 Å². The molecule has 1 nitrogen and oxygen atoms in total. The fourth-order valence-electron chi connectivity index (χ4n) is 3.11. The maximum atomic E-state index is 4.55.